The molecule has 2 nitrogen and oxygen atoms in total. The van der Waals surface area contributed by atoms with Gasteiger partial charge in [0.05, 0.1) is 0 Å². The summed E-state index contributed by atoms with van der Waals surface area (Å²) in [6.45, 7) is 11.7. The minimum absolute atomic E-state index is 0.315. The number of fused-ring (bicyclic) bond motifs is 1. The molecule has 0 aromatic heterocycles. The van der Waals surface area contributed by atoms with Crippen LogP contribution in [0.2, 0.25) is 0 Å². The molecular formula is C18H30N2. The van der Waals surface area contributed by atoms with Gasteiger partial charge in [-0.1, -0.05) is 45.9 Å². The first kappa shape index (κ1) is 15.4. The summed E-state index contributed by atoms with van der Waals surface area (Å²) in [7, 11) is 2.09. The van der Waals surface area contributed by atoms with Gasteiger partial charge in [0, 0.05) is 24.8 Å². The first-order chi connectivity index (χ1) is 9.41. The fraction of sp³-hybridized carbons (Fsp3) is 0.667. The van der Waals surface area contributed by atoms with E-state index in [1.54, 1.807) is 0 Å². The van der Waals surface area contributed by atoms with Crippen LogP contribution in [0, 0.1) is 11.3 Å². The molecule has 0 bridgehead atoms. The van der Waals surface area contributed by atoms with Gasteiger partial charge in [-0.3, -0.25) is 0 Å². The van der Waals surface area contributed by atoms with Crippen LogP contribution in [0.25, 0.3) is 0 Å². The summed E-state index contributed by atoms with van der Waals surface area (Å²) in [6, 6.07) is 9.47. The molecule has 0 fully saturated rings. The lowest BCUT2D eigenvalue weighted by Gasteiger charge is -2.37. The van der Waals surface area contributed by atoms with Crippen molar-refractivity contribution in [2.45, 2.75) is 46.6 Å². The Labute approximate surface area is 124 Å². The highest BCUT2D eigenvalue weighted by molar-refractivity contribution is 5.55. The number of benzene rings is 1. The molecule has 2 atom stereocenters. The quantitative estimate of drug-likeness (QED) is 0.900. The Kier molecular flexibility index (Phi) is 4.74. The fourth-order valence-electron chi connectivity index (χ4n) is 3.41. The van der Waals surface area contributed by atoms with Gasteiger partial charge in [-0.25, -0.2) is 0 Å². The molecule has 2 unspecified atom stereocenters. The predicted octanol–water partition coefficient (Wildman–Crippen LogP) is 3.71. The van der Waals surface area contributed by atoms with Crippen LogP contribution in [0.15, 0.2) is 24.3 Å². The maximum Gasteiger partial charge on any atom is 0.0398 e. The molecule has 0 saturated heterocycles. The van der Waals surface area contributed by atoms with Gasteiger partial charge in [0.25, 0.3) is 0 Å². The molecule has 1 N–H and O–H groups in total. The molecule has 0 amide bonds. The Bertz CT molecular complexity index is 433. The molecule has 1 aromatic rings. The van der Waals surface area contributed by atoms with Gasteiger partial charge in [0.15, 0.2) is 0 Å². The van der Waals surface area contributed by atoms with E-state index in [4.69, 9.17) is 0 Å². The standard InChI is InChI=1S/C18H30N2/c1-14-12-15-8-6-7-9-16(15)20(13-14)11-10-17(19-5)18(2,3)4/h6-9,14,17,19H,10-13H2,1-5H3. The van der Waals surface area contributed by atoms with Gasteiger partial charge in [0.2, 0.25) is 0 Å². The van der Waals surface area contributed by atoms with Crippen molar-refractivity contribution in [2.24, 2.45) is 11.3 Å². The van der Waals surface area contributed by atoms with Gasteiger partial charge >= 0.3 is 0 Å². The number of nitrogens with zero attached hydrogens (tertiary/aromatic N) is 1. The third kappa shape index (κ3) is 3.54. The minimum Gasteiger partial charge on any atom is -0.371 e. The van der Waals surface area contributed by atoms with Crippen molar-refractivity contribution in [2.75, 3.05) is 25.0 Å². The Morgan fingerprint density at radius 1 is 1.30 bits per heavy atom. The highest BCUT2D eigenvalue weighted by atomic mass is 15.1. The Morgan fingerprint density at radius 2 is 2.00 bits per heavy atom. The molecule has 1 aliphatic rings. The van der Waals surface area contributed by atoms with E-state index in [2.05, 4.69) is 69.2 Å². The summed E-state index contributed by atoms with van der Waals surface area (Å²) in [5, 5.41) is 3.49. The summed E-state index contributed by atoms with van der Waals surface area (Å²) in [6.07, 6.45) is 2.42. The average Bonchev–Trinajstić information content (AvgIpc) is 2.37. The normalized spacial score (nSPS) is 20.6. The summed E-state index contributed by atoms with van der Waals surface area (Å²) in [5.41, 5.74) is 3.28. The van der Waals surface area contributed by atoms with Crippen LogP contribution >= 0.6 is 0 Å². The lowest BCUT2D eigenvalue weighted by Crippen LogP contribution is -2.43. The third-order valence-electron chi connectivity index (χ3n) is 4.51. The van der Waals surface area contributed by atoms with Crippen LogP contribution in [-0.4, -0.2) is 26.2 Å². The van der Waals surface area contributed by atoms with Crippen molar-refractivity contribution >= 4 is 5.69 Å². The summed E-state index contributed by atoms with van der Waals surface area (Å²) in [4.78, 5) is 2.58. The second-order valence-corrected chi connectivity index (χ2v) is 7.38. The van der Waals surface area contributed by atoms with Gasteiger partial charge < -0.3 is 10.2 Å². The molecule has 0 aliphatic carbocycles. The average molecular weight is 274 g/mol. The zero-order chi connectivity index (χ0) is 14.8. The number of nitrogens with one attached hydrogen (secondary N) is 1. The van der Waals surface area contributed by atoms with Crippen LogP contribution in [-0.2, 0) is 6.42 Å². The molecule has 1 aromatic carbocycles. The van der Waals surface area contributed by atoms with Crippen LogP contribution in [0.4, 0.5) is 5.69 Å². The van der Waals surface area contributed by atoms with Crippen LogP contribution in [0.1, 0.15) is 39.7 Å². The van der Waals surface area contributed by atoms with Crippen molar-refractivity contribution in [1.29, 1.82) is 0 Å². The van der Waals surface area contributed by atoms with Crippen LogP contribution in [0.5, 0.6) is 0 Å². The highest BCUT2D eigenvalue weighted by Crippen LogP contribution is 2.30. The Balaban J connectivity index is 2.06. The number of rotatable bonds is 4. The second-order valence-electron chi connectivity index (χ2n) is 7.38. The van der Waals surface area contributed by atoms with Gasteiger partial charge in [-0.05, 0) is 42.9 Å². The summed E-state index contributed by atoms with van der Waals surface area (Å²) in [5.74, 6) is 0.757. The molecule has 2 rings (SSSR count). The largest absolute Gasteiger partial charge is 0.371 e. The van der Waals surface area contributed by atoms with Gasteiger partial charge in [-0.15, -0.1) is 0 Å². The van der Waals surface area contributed by atoms with E-state index in [0.717, 1.165) is 12.5 Å². The predicted molar refractivity (Wildman–Crippen MR) is 88.4 cm³/mol. The Morgan fingerprint density at radius 3 is 2.65 bits per heavy atom. The fourth-order valence-corrected chi connectivity index (χ4v) is 3.41. The molecule has 0 radical (unpaired) electrons. The van der Waals surface area contributed by atoms with E-state index in [1.807, 2.05) is 0 Å². The molecule has 2 heteroatoms. The maximum absolute atomic E-state index is 3.49. The summed E-state index contributed by atoms with van der Waals surface area (Å²) < 4.78 is 0. The minimum atomic E-state index is 0.315. The second kappa shape index (κ2) is 6.17. The van der Waals surface area contributed by atoms with E-state index in [9.17, 15) is 0 Å². The first-order valence-electron chi connectivity index (χ1n) is 7.92. The lowest BCUT2D eigenvalue weighted by atomic mass is 9.84. The summed E-state index contributed by atoms with van der Waals surface area (Å²) >= 11 is 0. The maximum atomic E-state index is 3.49. The van der Waals surface area contributed by atoms with E-state index >= 15 is 0 Å². The van der Waals surface area contributed by atoms with E-state index < -0.39 is 0 Å². The third-order valence-corrected chi connectivity index (χ3v) is 4.51. The van der Waals surface area contributed by atoms with Gasteiger partial charge in [0.1, 0.15) is 0 Å². The van der Waals surface area contributed by atoms with Crippen molar-refractivity contribution < 1.29 is 0 Å². The smallest absolute Gasteiger partial charge is 0.0398 e. The van der Waals surface area contributed by atoms with Crippen molar-refractivity contribution in [3.63, 3.8) is 0 Å². The molecule has 112 valence electrons. The number of hydrogen-bond acceptors (Lipinski definition) is 2. The highest BCUT2D eigenvalue weighted by Gasteiger charge is 2.26. The molecule has 20 heavy (non-hydrogen) atoms. The van der Waals surface area contributed by atoms with Crippen LogP contribution in [0.3, 0.4) is 0 Å². The van der Waals surface area contributed by atoms with Crippen molar-refractivity contribution in [3.8, 4) is 0 Å². The van der Waals surface area contributed by atoms with E-state index in [-0.39, 0.29) is 0 Å². The number of hydrogen-bond donors (Lipinski definition) is 1. The van der Waals surface area contributed by atoms with Crippen molar-refractivity contribution in [3.05, 3.63) is 29.8 Å². The lowest BCUT2D eigenvalue weighted by molar-refractivity contribution is 0.268. The molecule has 1 aliphatic heterocycles. The number of anilines is 1. The molecule has 0 saturated carbocycles. The number of para-hydroxylation sites is 1. The monoisotopic (exact) mass is 274 g/mol. The SMILES string of the molecule is CNC(CCN1CC(C)Cc2ccccc21)C(C)(C)C. The van der Waals surface area contributed by atoms with Gasteiger partial charge in [-0.2, -0.15) is 0 Å². The van der Waals surface area contributed by atoms with E-state index in [0.29, 0.717) is 11.5 Å². The molecule has 1 heterocycles. The zero-order valence-corrected chi connectivity index (χ0v) is 13.7. The van der Waals surface area contributed by atoms with E-state index in [1.165, 1.54) is 30.6 Å². The topological polar surface area (TPSA) is 15.3 Å². The molecule has 0 spiro atoms. The Hall–Kier alpha value is -1.02. The first-order valence-corrected chi connectivity index (χ1v) is 7.92. The van der Waals surface area contributed by atoms with Crippen molar-refractivity contribution in [1.82, 2.24) is 5.32 Å². The molecular weight excluding hydrogens is 244 g/mol. The zero-order valence-electron chi connectivity index (χ0n) is 13.7. The van der Waals surface area contributed by atoms with Crippen LogP contribution < -0.4 is 10.2 Å².